The summed E-state index contributed by atoms with van der Waals surface area (Å²) in [6.45, 7) is 12.4. The quantitative estimate of drug-likeness (QED) is 0.734. The number of amides is 1. The van der Waals surface area contributed by atoms with Crippen LogP contribution in [0.2, 0.25) is 0 Å². The standard InChI is InChI=1S/C15H27NO3/c1-11(2)12-6-7-18-15(8-12)9-16(10-15)13(17)19-14(3,4)5/h11-12H,6-10H2,1-5H3. The van der Waals surface area contributed by atoms with E-state index >= 15 is 0 Å². The minimum atomic E-state index is -0.423. The molecule has 2 saturated heterocycles. The van der Waals surface area contributed by atoms with Crippen LogP contribution in [0.1, 0.15) is 47.5 Å². The van der Waals surface area contributed by atoms with E-state index in [2.05, 4.69) is 13.8 Å². The zero-order chi connectivity index (χ0) is 14.3. The smallest absolute Gasteiger partial charge is 0.410 e. The third-order valence-electron chi connectivity index (χ3n) is 4.08. The fourth-order valence-electron chi connectivity index (χ4n) is 2.96. The molecule has 0 aromatic carbocycles. The van der Waals surface area contributed by atoms with Gasteiger partial charge in [0.15, 0.2) is 0 Å². The molecule has 0 aromatic rings. The van der Waals surface area contributed by atoms with Crippen molar-refractivity contribution >= 4 is 6.09 Å². The Morgan fingerprint density at radius 3 is 2.53 bits per heavy atom. The fraction of sp³-hybridized carbons (Fsp3) is 0.933. The van der Waals surface area contributed by atoms with Gasteiger partial charge in [0, 0.05) is 6.61 Å². The molecular weight excluding hydrogens is 242 g/mol. The Morgan fingerprint density at radius 2 is 2.00 bits per heavy atom. The lowest BCUT2D eigenvalue weighted by Gasteiger charge is -2.53. The molecule has 2 heterocycles. The van der Waals surface area contributed by atoms with Crippen LogP contribution in [0, 0.1) is 11.8 Å². The predicted octanol–water partition coefficient (Wildman–Crippen LogP) is 3.06. The molecule has 0 aromatic heterocycles. The van der Waals surface area contributed by atoms with Crippen LogP contribution in [-0.4, -0.2) is 41.9 Å². The van der Waals surface area contributed by atoms with Crippen LogP contribution in [-0.2, 0) is 9.47 Å². The first-order valence-electron chi connectivity index (χ1n) is 7.33. The monoisotopic (exact) mass is 269 g/mol. The molecule has 19 heavy (non-hydrogen) atoms. The minimum Gasteiger partial charge on any atom is -0.444 e. The first-order valence-corrected chi connectivity index (χ1v) is 7.33. The zero-order valence-electron chi connectivity index (χ0n) is 12.9. The van der Waals surface area contributed by atoms with Gasteiger partial charge in [0.1, 0.15) is 11.2 Å². The number of nitrogens with zero attached hydrogens (tertiary/aromatic N) is 1. The van der Waals surface area contributed by atoms with Gasteiger partial charge in [-0.1, -0.05) is 13.8 Å². The first-order chi connectivity index (χ1) is 8.71. The summed E-state index contributed by atoms with van der Waals surface area (Å²) in [6, 6.07) is 0. The Bertz CT molecular complexity index is 340. The summed E-state index contributed by atoms with van der Waals surface area (Å²) < 4.78 is 11.3. The van der Waals surface area contributed by atoms with Gasteiger partial charge in [0.05, 0.1) is 13.1 Å². The zero-order valence-corrected chi connectivity index (χ0v) is 12.9. The molecule has 2 rings (SSSR count). The molecule has 0 aliphatic carbocycles. The number of carbonyl (C=O) groups excluding carboxylic acids is 1. The molecule has 2 aliphatic rings. The van der Waals surface area contributed by atoms with Gasteiger partial charge in [-0.2, -0.15) is 0 Å². The van der Waals surface area contributed by atoms with Crippen LogP contribution in [0.25, 0.3) is 0 Å². The normalized spacial score (nSPS) is 26.4. The van der Waals surface area contributed by atoms with E-state index in [0.29, 0.717) is 19.0 Å². The number of ether oxygens (including phenoxy) is 2. The van der Waals surface area contributed by atoms with Crippen molar-refractivity contribution in [1.29, 1.82) is 0 Å². The molecule has 0 radical (unpaired) electrons. The highest BCUT2D eigenvalue weighted by molar-refractivity contribution is 5.69. The number of rotatable bonds is 1. The Balaban J connectivity index is 1.86. The topological polar surface area (TPSA) is 38.8 Å². The maximum atomic E-state index is 11.9. The van der Waals surface area contributed by atoms with Crippen molar-refractivity contribution in [2.45, 2.75) is 58.7 Å². The van der Waals surface area contributed by atoms with Crippen LogP contribution in [0.15, 0.2) is 0 Å². The average Bonchev–Trinajstić information content (AvgIpc) is 2.23. The maximum absolute atomic E-state index is 11.9. The van der Waals surface area contributed by atoms with Gasteiger partial charge < -0.3 is 14.4 Å². The Morgan fingerprint density at radius 1 is 1.37 bits per heavy atom. The summed E-state index contributed by atoms with van der Waals surface area (Å²) in [4.78, 5) is 13.7. The molecule has 1 atom stereocenters. The SMILES string of the molecule is CC(C)C1CCOC2(C1)CN(C(=O)OC(C)(C)C)C2. The summed E-state index contributed by atoms with van der Waals surface area (Å²) in [7, 11) is 0. The van der Waals surface area contributed by atoms with Crippen molar-refractivity contribution < 1.29 is 14.3 Å². The van der Waals surface area contributed by atoms with Crippen LogP contribution in [0.5, 0.6) is 0 Å². The molecule has 4 nitrogen and oxygen atoms in total. The molecule has 1 unspecified atom stereocenters. The van der Waals surface area contributed by atoms with Crippen LogP contribution in [0.4, 0.5) is 4.79 Å². The van der Waals surface area contributed by atoms with Crippen molar-refractivity contribution in [2.24, 2.45) is 11.8 Å². The average molecular weight is 269 g/mol. The number of likely N-dealkylation sites (tertiary alicyclic amines) is 1. The van der Waals surface area contributed by atoms with Gasteiger partial charge in [-0.25, -0.2) is 4.79 Å². The summed E-state index contributed by atoms with van der Waals surface area (Å²) in [5.74, 6) is 1.41. The molecule has 110 valence electrons. The Kier molecular flexibility index (Phi) is 3.83. The molecule has 1 amide bonds. The summed E-state index contributed by atoms with van der Waals surface area (Å²) in [5.41, 5.74) is -0.516. The second kappa shape index (κ2) is 4.97. The summed E-state index contributed by atoms with van der Waals surface area (Å²) in [6.07, 6.45) is 2.00. The lowest BCUT2D eigenvalue weighted by Crippen LogP contribution is -2.67. The van der Waals surface area contributed by atoms with E-state index < -0.39 is 5.60 Å². The Labute approximate surface area is 116 Å². The molecule has 2 fully saturated rings. The van der Waals surface area contributed by atoms with E-state index in [1.54, 1.807) is 4.90 Å². The summed E-state index contributed by atoms with van der Waals surface area (Å²) in [5, 5.41) is 0. The van der Waals surface area contributed by atoms with Gasteiger partial charge >= 0.3 is 6.09 Å². The molecule has 1 spiro atoms. The van der Waals surface area contributed by atoms with Crippen molar-refractivity contribution in [3.8, 4) is 0 Å². The lowest BCUT2D eigenvalue weighted by molar-refractivity contribution is -0.176. The molecule has 2 aliphatic heterocycles. The van der Waals surface area contributed by atoms with Crippen molar-refractivity contribution in [2.75, 3.05) is 19.7 Å². The highest BCUT2D eigenvalue weighted by atomic mass is 16.6. The largest absolute Gasteiger partial charge is 0.444 e. The van der Waals surface area contributed by atoms with E-state index in [1.807, 2.05) is 20.8 Å². The van der Waals surface area contributed by atoms with E-state index in [9.17, 15) is 4.79 Å². The van der Waals surface area contributed by atoms with Crippen molar-refractivity contribution in [1.82, 2.24) is 4.90 Å². The van der Waals surface area contributed by atoms with Crippen LogP contribution >= 0.6 is 0 Å². The number of hydrogen-bond donors (Lipinski definition) is 0. The third-order valence-corrected chi connectivity index (χ3v) is 4.08. The predicted molar refractivity (Wildman–Crippen MR) is 74.1 cm³/mol. The molecule has 0 N–H and O–H groups in total. The van der Waals surface area contributed by atoms with E-state index in [0.717, 1.165) is 25.4 Å². The molecule has 0 saturated carbocycles. The van der Waals surface area contributed by atoms with Gasteiger partial charge in [0.2, 0.25) is 0 Å². The minimum absolute atomic E-state index is 0.0932. The molecule has 0 bridgehead atoms. The molecular formula is C15H27NO3. The highest BCUT2D eigenvalue weighted by Crippen LogP contribution is 2.39. The van der Waals surface area contributed by atoms with E-state index in [1.165, 1.54) is 0 Å². The van der Waals surface area contributed by atoms with E-state index in [-0.39, 0.29) is 11.7 Å². The van der Waals surface area contributed by atoms with Crippen LogP contribution < -0.4 is 0 Å². The number of carbonyl (C=O) groups is 1. The first kappa shape index (κ1) is 14.6. The van der Waals surface area contributed by atoms with Crippen molar-refractivity contribution in [3.05, 3.63) is 0 Å². The second-order valence-corrected chi connectivity index (χ2v) is 7.36. The van der Waals surface area contributed by atoms with Crippen LogP contribution in [0.3, 0.4) is 0 Å². The van der Waals surface area contributed by atoms with E-state index in [4.69, 9.17) is 9.47 Å². The Hall–Kier alpha value is -0.770. The van der Waals surface area contributed by atoms with Gasteiger partial charge in [-0.05, 0) is 45.4 Å². The second-order valence-electron chi connectivity index (χ2n) is 7.36. The van der Waals surface area contributed by atoms with Gasteiger partial charge in [-0.15, -0.1) is 0 Å². The highest BCUT2D eigenvalue weighted by Gasteiger charge is 2.50. The lowest BCUT2D eigenvalue weighted by atomic mass is 9.76. The van der Waals surface area contributed by atoms with Gasteiger partial charge in [0.25, 0.3) is 0 Å². The summed E-state index contributed by atoms with van der Waals surface area (Å²) >= 11 is 0. The van der Waals surface area contributed by atoms with Gasteiger partial charge in [-0.3, -0.25) is 0 Å². The fourth-order valence-corrected chi connectivity index (χ4v) is 2.96. The third kappa shape index (κ3) is 3.41. The maximum Gasteiger partial charge on any atom is 0.410 e. The van der Waals surface area contributed by atoms with Crippen molar-refractivity contribution in [3.63, 3.8) is 0 Å². The number of hydrogen-bond acceptors (Lipinski definition) is 3. The molecule has 4 heteroatoms.